The van der Waals surface area contributed by atoms with Crippen LogP contribution in [0, 0.1) is 11.8 Å². The summed E-state index contributed by atoms with van der Waals surface area (Å²) >= 11 is 0. The molecule has 1 aliphatic carbocycles. The number of esters is 1. The number of carbonyl (C=O) groups is 1. The number of aromatic amines is 1. The molecule has 0 saturated heterocycles. The number of hydrogen-bond donors (Lipinski definition) is 2. The number of nitrogens with one attached hydrogen (secondary N) is 2. The maximum Gasteiger partial charge on any atom is 0.309 e. The van der Waals surface area contributed by atoms with Crippen LogP contribution in [-0.4, -0.2) is 36.0 Å². The maximum atomic E-state index is 12.7. The fraction of sp³-hybridized carbons (Fsp3) is 0.389. The SMILES string of the molecule is COc1ccc(-c2ccc(-c3cc(Nc4ccc(CCCC(CC5CC5)C(=O)OC(C)(C)C)cc4)n[nH]3)cc2)c(OC)c1. The van der Waals surface area contributed by atoms with Crippen molar-refractivity contribution in [2.45, 2.75) is 64.9 Å². The predicted octanol–water partition coefficient (Wildman–Crippen LogP) is 8.59. The number of aromatic nitrogens is 2. The number of ether oxygens (including phenoxy) is 3. The molecule has 43 heavy (non-hydrogen) atoms. The molecule has 5 rings (SSSR count). The largest absolute Gasteiger partial charge is 0.497 e. The van der Waals surface area contributed by atoms with Crippen LogP contribution in [0.25, 0.3) is 22.4 Å². The lowest BCUT2D eigenvalue weighted by Crippen LogP contribution is -2.29. The fourth-order valence-corrected chi connectivity index (χ4v) is 5.33. The Morgan fingerprint density at radius 2 is 1.67 bits per heavy atom. The third-order valence-corrected chi connectivity index (χ3v) is 7.79. The number of anilines is 2. The number of nitrogens with zero attached hydrogens (tertiary/aromatic N) is 1. The predicted molar refractivity (Wildman–Crippen MR) is 172 cm³/mol. The molecule has 0 aliphatic heterocycles. The normalized spacial score (nSPS) is 13.8. The van der Waals surface area contributed by atoms with Crippen molar-refractivity contribution in [3.8, 4) is 33.9 Å². The van der Waals surface area contributed by atoms with Gasteiger partial charge in [0.25, 0.3) is 0 Å². The van der Waals surface area contributed by atoms with E-state index in [0.29, 0.717) is 5.92 Å². The summed E-state index contributed by atoms with van der Waals surface area (Å²) < 4.78 is 16.6. The van der Waals surface area contributed by atoms with Crippen molar-refractivity contribution in [3.05, 3.63) is 78.4 Å². The molecule has 7 nitrogen and oxygen atoms in total. The third-order valence-electron chi connectivity index (χ3n) is 7.79. The summed E-state index contributed by atoms with van der Waals surface area (Å²) in [6, 6.07) is 24.6. The first kappa shape index (κ1) is 30.2. The van der Waals surface area contributed by atoms with Crippen molar-refractivity contribution in [2.24, 2.45) is 11.8 Å². The van der Waals surface area contributed by atoms with Gasteiger partial charge in [-0.2, -0.15) is 5.10 Å². The molecule has 1 aromatic heterocycles. The average molecular weight is 582 g/mol. The van der Waals surface area contributed by atoms with Crippen molar-refractivity contribution < 1.29 is 19.0 Å². The Hall–Kier alpha value is -4.26. The summed E-state index contributed by atoms with van der Waals surface area (Å²) in [4.78, 5) is 12.7. The minimum absolute atomic E-state index is 0.00278. The van der Waals surface area contributed by atoms with Gasteiger partial charge in [0.2, 0.25) is 0 Å². The molecule has 2 N–H and O–H groups in total. The minimum Gasteiger partial charge on any atom is -0.497 e. The van der Waals surface area contributed by atoms with Crippen LogP contribution >= 0.6 is 0 Å². The van der Waals surface area contributed by atoms with Gasteiger partial charge >= 0.3 is 5.97 Å². The molecular weight excluding hydrogens is 538 g/mol. The highest BCUT2D eigenvalue weighted by molar-refractivity contribution is 5.75. The van der Waals surface area contributed by atoms with Crippen LogP contribution in [0.15, 0.2) is 72.8 Å². The van der Waals surface area contributed by atoms with Crippen molar-refractivity contribution in [3.63, 3.8) is 0 Å². The molecule has 1 fully saturated rings. The Balaban J connectivity index is 1.15. The fourth-order valence-electron chi connectivity index (χ4n) is 5.33. The van der Waals surface area contributed by atoms with E-state index in [2.05, 4.69) is 64.0 Å². The molecule has 7 heteroatoms. The van der Waals surface area contributed by atoms with E-state index in [1.807, 2.05) is 45.0 Å². The molecule has 1 aliphatic rings. The van der Waals surface area contributed by atoms with Gasteiger partial charge in [-0.05, 0) is 93.3 Å². The molecule has 0 amide bonds. The van der Waals surface area contributed by atoms with Gasteiger partial charge in [-0.15, -0.1) is 0 Å². The standard InChI is InChI=1S/C36H43N3O4/c1-36(2,3)43-35(40)28(21-25-9-10-25)8-6-7-24-11-17-29(18-12-24)37-34-23-32(38-39-34)27-15-13-26(14-16-27)31-20-19-30(41-4)22-33(31)42-5/h11-20,22-23,25,28H,6-10,21H2,1-5H3,(H2,37,38,39). The van der Waals surface area contributed by atoms with E-state index in [4.69, 9.17) is 14.2 Å². The molecule has 1 atom stereocenters. The first-order chi connectivity index (χ1) is 20.7. The topological polar surface area (TPSA) is 85.5 Å². The summed E-state index contributed by atoms with van der Waals surface area (Å²) in [5.74, 6) is 2.95. The number of benzene rings is 3. The maximum absolute atomic E-state index is 12.7. The zero-order chi connectivity index (χ0) is 30.4. The minimum atomic E-state index is -0.437. The number of carbonyl (C=O) groups excluding carboxylic acids is 1. The molecule has 1 heterocycles. The van der Waals surface area contributed by atoms with E-state index in [9.17, 15) is 4.79 Å². The first-order valence-corrected chi connectivity index (χ1v) is 15.2. The third kappa shape index (κ3) is 8.40. The van der Waals surface area contributed by atoms with Crippen LogP contribution in [0.2, 0.25) is 0 Å². The van der Waals surface area contributed by atoms with Crippen LogP contribution < -0.4 is 14.8 Å². The van der Waals surface area contributed by atoms with Crippen LogP contribution in [0.3, 0.4) is 0 Å². The van der Waals surface area contributed by atoms with E-state index in [1.165, 1.54) is 18.4 Å². The van der Waals surface area contributed by atoms with E-state index >= 15 is 0 Å². The van der Waals surface area contributed by atoms with Gasteiger partial charge in [-0.1, -0.05) is 49.2 Å². The van der Waals surface area contributed by atoms with Crippen LogP contribution in [0.4, 0.5) is 11.5 Å². The number of H-pyrrole nitrogens is 1. The van der Waals surface area contributed by atoms with Crippen molar-refractivity contribution >= 4 is 17.5 Å². The first-order valence-electron chi connectivity index (χ1n) is 15.2. The second-order valence-electron chi connectivity index (χ2n) is 12.4. The molecule has 4 aromatic rings. The Bertz CT molecular complexity index is 1500. The lowest BCUT2D eigenvalue weighted by atomic mass is 9.94. The van der Waals surface area contributed by atoms with Crippen molar-refractivity contribution in [1.29, 1.82) is 0 Å². The van der Waals surface area contributed by atoms with Gasteiger partial charge in [0.1, 0.15) is 17.1 Å². The molecule has 1 saturated carbocycles. The van der Waals surface area contributed by atoms with Gasteiger partial charge in [0.05, 0.1) is 25.8 Å². The van der Waals surface area contributed by atoms with Crippen molar-refractivity contribution in [1.82, 2.24) is 10.2 Å². The summed E-state index contributed by atoms with van der Waals surface area (Å²) in [5.41, 5.74) is 5.83. The molecule has 0 spiro atoms. The van der Waals surface area contributed by atoms with Crippen LogP contribution in [0.5, 0.6) is 11.5 Å². The number of methoxy groups -OCH3 is 2. The molecule has 3 aromatic carbocycles. The lowest BCUT2D eigenvalue weighted by Gasteiger charge is -2.24. The van der Waals surface area contributed by atoms with Gasteiger partial charge < -0.3 is 19.5 Å². The van der Waals surface area contributed by atoms with Crippen LogP contribution in [-0.2, 0) is 16.0 Å². The Morgan fingerprint density at radius 3 is 2.33 bits per heavy atom. The smallest absolute Gasteiger partial charge is 0.309 e. The highest BCUT2D eigenvalue weighted by Gasteiger charge is 2.31. The summed E-state index contributed by atoms with van der Waals surface area (Å²) in [6.07, 6.45) is 6.24. The second kappa shape index (κ2) is 13.4. The lowest BCUT2D eigenvalue weighted by molar-refractivity contribution is -0.160. The van der Waals surface area contributed by atoms with Gasteiger partial charge in [-0.25, -0.2) is 0 Å². The van der Waals surface area contributed by atoms with Crippen molar-refractivity contribution in [2.75, 3.05) is 19.5 Å². The Labute approximate surface area is 255 Å². The molecule has 1 unspecified atom stereocenters. The quantitative estimate of drug-likeness (QED) is 0.154. The number of hydrogen-bond acceptors (Lipinski definition) is 6. The van der Waals surface area contributed by atoms with Gasteiger partial charge in [-0.3, -0.25) is 9.89 Å². The number of rotatable bonds is 13. The summed E-state index contributed by atoms with van der Waals surface area (Å²) in [6.45, 7) is 5.83. The number of aryl methyl sites for hydroxylation is 1. The highest BCUT2D eigenvalue weighted by Crippen LogP contribution is 2.38. The van der Waals surface area contributed by atoms with Crippen LogP contribution in [0.1, 0.15) is 58.4 Å². The molecule has 0 radical (unpaired) electrons. The Kier molecular flexibility index (Phi) is 9.39. The zero-order valence-corrected chi connectivity index (χ0v) is 25.9. The highest BCUT2D eigenvalue weighted by atomic mass is 16.6. The average Bonchev–Trinajstić information content (AvgIpc) is 3.70. The molecular formula is C36H43N3O4. The van der Waals surface area contributed by atoms with E-state index in [-0.39, 0.29) is 11.9 Å². The molecule has 0 bridgehead atoms. The summed E-state index contributed by atoms with van der Waals surface area (Å²) in [5, 5.41) is 11.0. The molecule has 226 valence electrons. The Morgan fingerprint density at radius 1 is 0.953 bits per heavy atom. The van der Waals surface area contributed by atoms with E-state index in [0.717, 1.165) is 71.1 Å². The van der Waals surface area contributed by atoms with Gasteiger partial charge in [0.15, 0.2) is 5.82 Å². The monoisotopic (exact) mass is 581 g/mol. The zero-order valence-electron chi connectivity index (χ0n) is 25.9. The van der Waals surface area contributed by atoms with E-state index < -0.39 is 5.60 Å². The van der Waals surface area contributed by atoms with Gasteiger partial charge in [0, 0.05) is 23.4 Å². The second-order valence-corrected chi connectivity index (χ2v) is 12.4. The van der Waals surface area contributed by atoms with E-state index in [1.54, 1.807) is 14.2 Å². The summed E-state index contributed by atoms with van der Waals surface area (Å²) in [7, 11) is 3.31.